The van der Waals surface area contributed by atoms with E-state index < -0.39 is 4.92 Å². The molecule has 11 nitrogen and oxygen atoms in total. The van der Waals surface area contributed by atoms with E-state index >= 15 is 0 Å². The van der Waals surface area contributed by atoms with Crippen molar-refractivity contribution in [1.82, 2.24) is 9.78 Å². The van der Waals surface area contributed by atoms with E-state index in [0.29, 0.717) is 41.4 Å². The van der Waals surface area contributed by atoms with Crippen LogP contribution in [0.2, 0.25) is 0 Å². The zero-order valence-corrected chi connectivity index (χ0v) is 20.9. The molecule has 1 aliphatic heterocycles. The number of nitrogens with one attached hydrogen (secondary N) is 2. The Kier molecular flexibility index (Phi) is 7.60. The standard InChI is InChI=1S/C28H26N6O5/c35-27(16-20-4-8-25(9-5-20)34(37)38)30-23-18-29-33(19-23)26-3-1-2-21(17-26)28(36)31-22-6-10-24(11-7-22)32-12-14-39-15-13-32/h1-11,17-19H,12-16H2,(H,30,35)(H,31,36). The van der Waals surface area contributed by atoms with Gasteiger partial charge in [-0.05, 0) is 48.0 Å². The Morgan fingerprint density at radius 2 is 1.67 bits per heavy atom. The third-order valence-electron chi connectivity index (χ3n) is 6.25. The summed E-state index contributed by atoms with van der Waals surface area (Å²) in [5.41, 5.74) is 4.01. The van der Waals surface area contributed by atoms with Crippen molar-refractivity contribution in [2.24, 2.45) is 0 Å². The quantitative estimate of drug-likeness (QED) is 0.262. The van der Waals surface area contributed by atoms with Gasteiger partial charge in [-0.2, -0.15) is 5.10 Å². The van der Waals surface area contributed by atoms with E-state index in [2.05, 4.69) is 20.6 Å². The van der Waals surface area contributed by atoms with Crippen molar-refractivity contribution in [3.63, 3.8) is 0 Å². The molecule has 5 rings (SSSR count). The second kappa shape index (κ2) is 11.6. The second-order valence-corrected chi connectivity index (χ2v) is 8.97. The predicted molar refractivity (Wildman–Crippen MR) is 146 cm³/mol. The van der Waals surface area contributed by atoms with E-state index in [9.17, 15) is 19.7 Å². The molecule has 0 spiro atoms. The third-order valence-corrected chi connectivity index (χ3v) is 6.25. The van der Waals surface area contributed by atoms with Crippen molar-refractivity contribution < 1.29 is 19.2 Å². The summed E-state index contributed by atoms with van der Waals surface area (Å²) in [6.45, 7) is 3.11. The molecule has 0 unspecified atom stereocenters. The molecule has 1 fully saturated rings. The minimum absolute atomic E-state index is 0.0296. The van der Waals surface area contributed by atoms with Gasteiger partial charge in [-0.3, -0.25) is 19.7 Å². The third kappa shape index (κ3) is 6.46. The zero-order valence-electron chi connectivity index (χ0n) is 20.9. The Balaban J connectivity index is 1.19. The van der Waals surface area contributed by atoms with Crippen molar-refractivity contribution in [3.8, 4) is 5.69 Å². The summed E-state index contributed by atoms with van der Waals surface area (Å²) in [7, 11) is 0. The fraction of sp³-hybridized carbons (Fsp3) is 0.179. The average molecular weight is 527 g/mol. The molecule has 198 valence electrons. The first-order valence-electron chi connectivity index (χ1n) is 12.4. The van der Waals surface area contributed by atoms with Crippen LogP contribution in [0.5, 0.6) is 0 Å². The Bertz CT molecular complexity index is 1480. The van der Waals surface area contributed by atoms with Crippen LogP contribution in [0.4, 0.5) is 22.7 Å². The molecule has 11 heteroatoms. The number of carbonyl (C=O) groups excluding carboxylic acids is 2. The number of aromatic nitrogens is 2. The Labute approximate surface area is 224 Å². The molecule has 4 aromatic rings. The van der Waals surface area contributed by atoms with Gasteiger partial charge in [0.25, 0.3) is 11.6 Å². The molecule has 0 radical (unpaired) electrons. The summed E-state index contributed by atoms with van der Waals surface area (Å²) in [4.78, 5) is 37.9. The maximum Gasteiger partial charge on any atom is 0.269 e. The molecule has 2 heterocycles. The highest BCUT2D eigenvalue weighted by Gasteiger charge is 2.13. The Morgan fingerprint density at radius 3 is 2.38 bits per heavy atom. The van der Waals surface area contributed by atoms with Gasteiger partial charge >= 0.3 is 0 Å². The molecule has 0 bridgehead atoms. The van der Waals surface area contributed by atoms with Crippen molar-refractivity contribution in [2.45, 2.75) is 6.42 Å². The first-order valence-corrected chi connectivity index (χ1v) is 12.4. The molecule has 0 saturated carbocycles. The highest BCUT2D eigenvalue weighted by Crippen LogP contribution is 2.20. The number of non-ortho nitro benzene ring substituents is 1. The number of nitrogens with zero attached hydrogens (tertiary/aromatic N) is 4. The van der Waals surface area contributed by atoms with Crippen LogP contribution in [0.1, 0.15) is 15.9 Å². The number of nitro groups is 1. The van der Waals surface area contributed by atoms with E-state index in [1.165, 1.54) is 18.3 Å². The van der Waals surface area contributed by atoms with Crippen LogP contribution in [0.25, 0.3) is 5.69 Å². The summed E-state index contributed by atoms with van der Waals surface area (Å²) in [5, 5.41) is 20.8. The average Bonchev–Trinajstić information content (AvgIpc) is 3.42. The molecule has 2 N–H and O–H groups in total. The fourth-order valence-electron chi connectivity index (χ4n) is 4.22. The van der Waals surface area contributed by atoms with Crippen LogP contribution in [0.3, 0.4) is 0 Å². The molecular formula is C28H26N6O5. The predicted octanol–water partition coefficient (Wildman–Crippen LogP) is 4.05. The van der Waals surface area contributed by atoms with Crippen LogP contribution >= 0.6 is 0 Å². The molecule has 2 amide bonds. The van der Waals surface area contributed by atoms with Gasteiger partial charge in [-0.25, -0.2) is 4.68 Å². The fourth-order valence-corrected chi connectivity index (χ4v) is 4.22. The molecule has 0 aliphatic carbocycles. The maximum atomic E-state index is 12.9. The van der Waals surface area contributed by atoms with E-state index in [1.54, 1.807) is 41.2 Å². The van der Waals surface area contributed by atoms with Gasteiger partial charge in [0, 0.05) is 42.2 Å². The minimum Gasteiger partial charge on any atom is -0.378 e. The van der Waals surface area contributed by atoms with Crippen molar-refractivity contribution in [1.29, 1.82) is 0 Å². The van der Waals surface area contributed by atoms with Crippen molar-refractivity contribution in [3.05, 3.63) is 106 Å². The summed E-state index contributed by atoms with van der Waals surface area (Å²) < 4.78 is 6.96. The number of ether oxygens (including phenoxy) is 1. The number of benzene rings is 3. The summed E-state index contributed by atoms with van der Waals surface area (Å²) in [6, 6.07) is 20.6. The number of nitro benzene ring substituents is 1. The lowest BCUT2D eigenvalue weighted by Crippen LogP contribution is -2.36. The van der Waals surface area contributed by atoms with Crippen LogP contribution in [0.15, 0.2) is 85.2 Å². The smallest absolute Gasteiger partial charge is 0.269 e. The first-order chi connectivity index (χ1) is 18.9. The number of carbonyl (C=O) groups is 2. The maximum absolute atomic E-state index is 12.9. The van der Waals surface area contributed by atoms with Crippen LogP contribution < -0.4 is 15.5 Å². The summed E-state index contributed by atoms with van der Waals surface area (Å²) in [6.07, 6.45) is 3.22. The molecule has 3 aromatic carbocycles. The largest absolute Gasteiger partial charge is 0.378 e. The number of hydrogen-bond acceptors (Lipinski definition) is 7. The molecular weight excluding hydrogens is 500 g/mol. The van der Waals surface area contributed by atoms with Crippen LogP contribution in [-0.2, 0) is 16.0 Å². The van der Waals surface area contributed by atoms with Gasteiger partial charge in [0.1, 0.15) is 0 Å². The zero-order chi connectivity index (χ0) is 27.2. The number of anilines is 3. The van der Waals surface area contributed by atoms with Gasteiger partial charge in [0.15, 0.2) is 0 Å². The van der Waals surface area contributed by atoms with E-state index in [1.807, 2.05) is 30.3 Å². The summed E-state index contributed by atoms with van der Waals surface area (Å²) in [5.74, 6) is -0.532. The van der Waals surface area contributed by atoms with Crippen LogP contribution in [0, 0.1) is 10.1 Å². The number of rotatable bonds is 8. The second-order valence-electron chi connectivity index (χ2n) is 8.97. The lowest BCUT2D eigenvalue weighted by Gasteiger charge is -2.28. The lowest BCUT2D eigenvalue weighted by atomic mass is 10.1. The normalized spacial score (nSPS) is 13.1. The van der Waals surface area contributed by atoms with E-state index in [0.717, 1.165) is 18.8 Å². The molecule has 39 heavy (non-hydrogen) atoms. The topological polar surface area (TPSA) is 132 Å². The SMILES string of the molecule is O=C(Cc1ccc([N+](=O)[O-])cc1)Nc1cnn(-c2cccc(C(=O)Nc3ccc(N4CCOCC4)cc3)c2)c1. The number of amides is 2. The lowest BCUT2D eigenvalue weighted by molar-refractivity contribution is -0.384. The Morgan fingerprint density at radius 1 is 0.923 bits per heavy atom. The monoisotopic (exact) mass is 526 g/mol. The molecule has 1 aliphatic rings. The molecule has 0 atom stereocenters. The van der Waals surface area contributed by atoms with Gasteiger partial charge in [0.2, 0.25) is 5.91 Å². The first kappa shape index (κ1) is 25.6. The van der Waals surface area contributed by atoms with Crippen molar-refractivity contribution >= 4 is 34.6 Å². The van der Waals surface area contributed by atoms with Gasteiger partial charge in [-0.1, -0.05) is 18.2 Å². The van der Waals surface area contributed by atoms with Gasteiger partial charge in [-0.15, -0.1) is 0 Å². The number of morpholine rings is 1. The minimum atomic E-state index is -0.485. The van der Waals surface area contributed by atoms with Gasteiger partial charge in [0.05, 0.1) is 48.3 Å². The molecule has 1 aromatic heterocycles. The number of hydrogen-bond donors (Lipinski definition) is 2. The molecule has 1 saturated heterocycles. The van der Waals surface area contributed by atoms with Crippen molar-refractivity contribution in [2.75, 3.05) is 41.8 Å². The Hall–Kier alpha value is -5.03. The van der Waals surface area contributed by atoms with E-state index in [-0.39, 0.29) is 23.9 Å². The van der Waals surface area contributed by atoms with Crippen LogP contribution in [-0.4, -0.2) is 52.8 Å². The van der Waals surface area contributed by atoms with Gasteiger partial charge < -0.3 is 20.3 Å². The summed E-state index contributed by atoms with van der Waals surface area (Å²) >= 11 is 0. The van der Waals surface area contributed by atoms with E-state index in [4.69, 9.17) is 4.74 Å². The highest BCUT2D eigenvalue weighted by molar-refractivity contribution is 6.04. The highest BCUT2D eigenvalue weighted by atomic mass is 16.6.